The number of hydrogen-bond acceptors (Lipinski definition) is 4. The Bertz CT molecular complexity index is 1000. The minimum absolute atomic E-state index is 0.408. The Hall–Kier alpha value is -2.36. The molecule has 2 N–H and O–H groups in total. The zero-order valence-corrected chi connectivity index (χ0v) is 19.9. The number of phenols is 1. The summed E-state index contributed by atoms with van der Waals surface area (Å²) in [6.07, 6.45) is 7.83. The van der Waals surface area contributed by atoms with Gasteiger partial charge < -0.3 is 19.9 Å². The molecule has 4 heteroatoms. The maximum atomic E-state index is 10.8. The second kappa shape index (κ2) is 8.20. The summed E-state index contributed by atoms with van der Waals surface area (Å²) in [6.45, 7) is 5.63. The van der Waals surface area contributed by atoms with Crippen molar-refractivity contribution in [2.24, 2.45) is 23.2 Å². The Labute approximate surface area is 192 Å². The lowest BCUT2D eigenvalue weighted by atomic mass is 9.54. The van der Waals surface area contributed by atoms with E-state index in [1.807, 2.05) is 24.3 Å². The van der Waals surface area contributed by atoms with Crippen molar-refractivity contribution in [3.63, 3.8) is 0 Å². The molecular weight excluding hydrogens is 398 g/mol. The van der Waals surface area contributed by atoms with Crippen LogP contribution in [0, 0.1) is 23.2 Å². The van der Waals surface area contributed by atoms with Gasteiger partial charge in [0.1, 0.15) is 5.75 Å². The first-order valence-corrected chi connectivity index (χ1v) is 12.2. The number of hydrogen-bond donors (Lipinski definition) is 2. The molecule has 5 rings (SSSR count). The quantitative estimate of drug-likeness (QED) is 0.562. The molecule has 2 fully saturated rings. The minimum atomic E-state index is 0.408. The van der Waals surface area contributed by atoms with E-state index in [1.54, 1.807) is 14.2 Å². The predicted molar refractivity (Wildman–Crippen MR) is 129 cm³/mol. The second-order valence-corrected chi connectivity index (χ2v) is 10.5. The van der Waals surface area contributed by atoms with Crippen molar-refractivity contribution in [3.8, 4) is 17.2 Å². The first kappa shape index (κ1) is 21.5. The number of ether oxygens (including phenoxy) is 2. The number of rotatable bonds is 5. The van der Waals surface area contributed by atoms with Crippen molar-refractivity contribution in [1.82, 2.24) is 0 Å². The van der Waals surface area contributed by atoms with E-state index in [4.69, 9.17) is 9.47 Å². The number of benzene rings is 2. The molecule has 172 valence electrons. The topological polar surface area (TPSA) is 50.7 Å². The van der Waals surface area contributed by atoms with E-state index in [-0.39, 0.29) is 0 Å². The van der Waals surface area contributed by atoms with Gasteiger partial charge in [-0.05, 0) is 103 Å². The maximum Gasteiger partial charge on any atom is 0.162 e. The standard InChI is InChI=1S/C28H37NO3/c1-17-5-9-24-22-8-6-18-14-25(30)19(13-23(18)21(22)11-12-28(17,24)2)16-29-20-7-10-26(31-3)27(15-20)32-4/h7,10,13-15,17,21-22,24,29-30H,5-6,8-9,11-12,16H2,1-4H3/t17-,21-,22+,24-,28+/m0/s1. The molecule has 3 aliphatic carbocycles. The van der Waals surface area contributed by atoms with E-state index in [2.05, 4.69) is 25.2 Å². The third-order valence-corrected chi connectivity index (χ3v) is 9.26. The zero-order chi connectivity index (χ0) is 22.5. The Morgan fingerprint density at radius 1 is 1.03 bits per heavy atom. The van der Waals surface area contributed by atoms with Gasteiger partial charge >= 0.3 is 0 Å². The highest BCUT2D eigenvalue weighted by molar-refractivity contribution is 5.56. The van der Waals surface area contributed by atoms with Crippen molar-refractivity contribution in [3.05, 3.63) is 47.0 Å². The summed E-state index contributed by atoms with van der Waals surface area (Å²) >= 11 is 0. The van der Waals surface area contributed by atoms with Crippen LogP contribution in [0.15, 0.2) is 30.3 Å². The molecular formula is C28H37NO3. The van der Waals surface area contributed by atoms with Crippen LogP contribution in [0.4, 0.5) is 5.69 Å². The first-order valence-electron chi connectivity index (χ1n) is 12.2. The lowest BCUT2D eigenvalue weighted by molar-refractivity contribution is 0.0336. The Balaban J connectivity index is 1.38. The number of nitrogens with one attached hydrogen (secondary N) is 1. The van der Waals surface area contributed by atoms with Crippen LogP contribution in [-0.4, -0.2) is 19.3 Å². The number of methoxy groups -OCH3 is 2. The Morgan fingerprint density at radius 3 is 2.62 bits per heavy atom. The summed E-state index contributed by atoms with van der Waals surface area (Å²) < 4.78 is 10.8. The molecule has 4 nitrogen and oxygen atoms in total. The molecule has 0 aliphatic heterocycles. The molecule has 2 saturated carbocycles. The summed E-state index contributed by atoms with van der Waals surface area (Å²) in [7, 11) is 3.29. The van der Waals surface area contributed by atoms with Crippen LogP contribution >= 0.6 is 0 Å². The lowest BCUT2D eigenvalue weighted by Crippen LogP contribution is -2.41. The maximum absolute atomic E-state index is 10.8. The normalized spacial score (nSPS) is 30.8. The molecule has 32 heavy (non-hydrogen) atoms. The smallest absolute Gasteiger partial charge is 0.162 e. The molecule has 5 atom stereocenters. The van der Waals surface area contributed by atoms with E-state index in [0.29, 0.717) is 35.1 Å². The van der Waals surface area contributed by atoms with Crippen molar-refractivity contribution in [1.29, 1.82) is 0 Å². The van der Waals surface area contributed by atoms with Crippen molar-refractivity contribution in [2.75, 3.05) is 19.5 Å². The molecule has 0 bridgehead atoms. The largest absolute Gasteiger partial charge is 0.508 e. The fourth-order valence-corrected chi connectivity index (χ4v) is 7.20. The van der Waals surface area contributed by atoms with E-state index >= 15 is 0 Å². The highest BCUT2D eigenvalue weighted by Gasteiger charge is 2.53. The molecule has 0 saturated heterocycles. The SMILES string of the molecule is COc1ccc(NCc2cc3c(cc2O)CC[C@@H]2[C@@H]3CC[C@]3(C)[C@@H](C)CC[C@@H]23)cc1OC. The van der Waals surface area contributed by atoms with Gasteiger partial charge in [-0.15, -0.1) is 0 Å². The number of phenolic OH excluding ortho intramolecular Hbond substituents is 1. The van der Waals surface area contributed by atoms with E-state index in [1.165, 1.54) is 43.2 Å². The molecule has 0 spiro atoms. The van der Waals surface area contributed by atoms with Crippen LogP contribution in [0.25, 0.3) is 0 Å². The average Bonchev–Trinajstić information content (AvgIpc) is 3.11. The second-order valence-electron chi connectivity index (χ2n) is 10.5. The third kappa shape index (κ3) is 3.43. The summed E-state index contributed by atoms with van der Waals surface area (Å²) in [5.41, 5.74) is 5.34. The molecule has 0 amide bonds. The monoisotopic (exact) mass is 435 g/mol. The summed E-state index contributed by atoms with van der Waals surface area (Å²) in [5.74, 6) is 5.01. The van der Waals surface area contributed by atoms with Crippen molar-refractivity contribution in [2.45, 2.75) is 64.8 Å². The van der Waals surface area contributed by atoms with Crippen LogP contribution < -0.4 is 14.8 Å². The molecule has 2 aromatic rings. The van der Waals surface area contributed by atoms with Crippen molar-refractivity contribution < 1.29 is 14.6 Å². The van der Waals surface area contributed by atoms with E-state index in [9.17, 15) is 5.11 Å². The number of anilines is 1. The molecule has 0 heterocycles. The number of aromatic hydroxyl groups is 1. The Morgan fingerprint density at radius 2 is 1.84 bits per heavy atom. The van der Waals surface area contributed by atoms with Gasteiger partial charge in [-0.2, -0.15) is 0 Å². The van der Waals surface area contributed by atoms with Gasteiger partial charge in [-0.1, -0.05) is 13.8 Å². The first-order chi connectivity index (χ1) is 15.4. The molecule has 0 aromatic heterocycles. The molecule has 0 radical (unpaired) electrons. The average molecular weight is 436 g/mol. The summed E-state index contributed by atoms with van der Waals surface area (Å²) in [4.78, 5) is 0. The van der Waals surface area contributed by atoms with Gasteiger partial charge in [0.25, 0.3) is 0 Å². The minimum Gasteiger partial charge on any atom is -0.508 e. The predicted octanol–water partition coefficient (Wildman–Crippen LogP) is 6.51. The number of fused-ring (bicyclic) bond motifs is 5. The fourth-order valence-electron chi connectivity index (χ4n) is 7.20. The van der Waals surface area contributed by atoms with Crippen LogP contribution in [0.3, 0.4) is 0 Å². The summed E-state index contributed by atoms with van der Waals surface area (Å²) in [5, 5.41) is 14.2. The highest BCUT2D eigenvalue weighted by atomic mass is 16.5. The van der Waals surface area contributed by atoms with Gasteiger partial charge in [-0.3, -0.25) is 0 Å². The Kier molecular flexibility index (Phi) is 5.51. The van der Waals surface area contributed by atoms with E-state index in [0.717, 1.165) is 35.4 Å². The van der Waals surface area contributed by atoms with Crippen LogP contribution in [0.2, 0.25) is 0 Å². The lowest BCUT2D eigenvalue weighted by Gasteiger charge is -2.50. The summed E-state index contributed by atoms with van der Waals surface area (Å²) in [6, 6.07) is 10.2. The van der Waals surface area contributed by atoms with Crippen molar-refractivity contribution >= 4 is 5.69 Å². The third-order valence-electron chi connectivity index (χ3n) is 9.26. The van der Waals surface area contributed by atoms with Gasteiger partial charge in [-0.25, -0.2) is 0 Å². The fraction of sp³-hybridized carbons (Fsp3) is 0.571. The van der Waals surface area contributed by atoms with Gasteiger partial charge in [0, 0.05) is 23.9 Å². The van der Waals surface area contributed by atoms with Gasteiger partial charge in [0.05, 0.1) is 14.2 Å². The van der Waals surface area contributed by atoms with Crippen LogP contribution in [0.1, 0.15) is 68.6 Å². The van der Waals surface area contributed by atoms with Crippen LogP contribution in [-0.2, 0) is 13.0 Å². The van der Waals surface area contributed by atoms with E-state index < -0.39 is 0 Å². The molecule has 0 unspecified atom stereocenters. The molecule has 2 aromatic carbocycles. The van der Waals surface area contributed by atoms with Gasteiger partial charge in [0.2, 0.25) is 0 Å². The zero-order valence-electron chi connectivity index (χ0n) is 19.9. The van der Waals surface area contributed by atoms with Gasteiger partial charge in [0.15, 0.2) is 11.5 Å². The number of aryl methyl sites for hydroxylation is 1. The van der Waals surface area contributed by atoms with Crippen LogP contribution in [0.5, 0.6) is 17.2 Å². The highest BCUT2D eigenvalue weighted by Crippen LogP contribution is 2.63. The molecule has 3 aliphatic rings.